The van der Waals surface area contributed by atoms with Crippen LogP contribution in [0.15, 0.2) is 30.4 Å². The van der Waals surface area contributed by atoms with Gasteiger partial charge >= 0.3 is 0 Å². The Morgan fingerprint density at radius 2 is 2.07 bits per heavy atom. The van der Waals surface area contributed by atoms with Crippen LogP contribution in [0.4, 0.5) is 0 Å². The molecule has 0 spiro atoms. The molecule has 1 aromatic heterocycles. The second kappa shape index (κ2) is 5.03. The normalized spacial score (nSPS) is 18.3. The van der Waals surface area contributed by atoms with Crippen LogP contribution in [0, 0.1) is 0 Å². The lowest BCUT2D eigenvalue weighted by Gasteiger charge is -2.22. The van der Waals surface area contributed by atoms with Crippen LogP contribution < -0.4 is 5.32 Å². The first-order valence-electron chi connectivity index (χ1n) is 5.53. The molecule has 1 atom stereocenters. The Morgan fingerprint density at radius 3 is 2.67 bits per heavy atom. The van der Waals surface area contributed by atoms with Gasteiger partial charge in [-0.2, -0.15) is 0 Å². The first kappa shape index (κ1) is 10.3. The van der Waals surface area contributed by atoms with E-state index in [4.69, 9.17) is 0 Å². The van der Waals surface area contributed by atoms with Gasteiger partial charge < -0.3 is 5.32 Å². The van der Waals surface area contributed by atoms with E-state index in [-0.39, 0.29) is 0 Å². The number of likely N-dealkylation sites (N-methyl/N-ethyl adjacent to an activating group) is 1. The zero-order valence-corrected chi connectivity index (χ0v) is 9.11. The summed E-state index contributed by atoms with van der Waals surface area (Å²) < 4.78 is 0. The third-order valence-corrected chi connectivity index (χ3v) is 2.90. The summed E-state index contributed by atoms with van der Waals surface area (Å²) in [6, 6.07) is 0.298. The largest absolute Gasteiger partial charge is 0.310 e. The average molecular weight is 203 g/mol. The average Bonchev–Trinajstić information content (AvgIpc) is 2.33. The lowest BCUT2D eigenvalue weighted by molar-refractivity contribution is 0.590. The van der Waals surface area contributed by atoms with Crippen molar-refractivity contribution in [3.63, 3.8) is 0 Å². The Hall–Kier alpha value is -1.22. The van der Waals surface area contributed by atoms with E-state index in [9.17, 15) is 0 Å². The molecule has 0 bridgehead atoms. The molecule has 1 unspecified atom stereocenters. The van der Waals surface area contributed by atoms with E-state index in [2.05, 4.69) is 21.4 Å². The SMILES string of the molecule is CNC(C1=CCCCC1)c1cncnc1. The predicted octanol–water partition coefficient (Wildman–Crippen LogP) is 2.24. The second-order valence-corrected chi connectivity index (χ2v) is 3.92. The van der Waals surface area contributed by atoms with Crippen molar-refractivity contribution in [1.82, 2.24) is 15.3 Å². The third-order valence-electron chi connectivity index (χ3n) is 2.90. The van der Waals surface area contributed by atoms with Gasteiger partial charge in [-0.1, -0.05) is 11.6 Å². The van der Waals surface area contributed by atoms with Crippen LogP contribution in [0.25, 0.3) is 0 Å². The van der Waals surface area contributed by atoms with E-state index >= 15 is 0 Å². The van der Waals surface area contributed by atoms with Crippen molar-refractivity contribution < 1.29 is 0 Å². The first-order chi connectivity index (χ1) is 7.42. The zero-order valence-electron chi connectivity index (χ0n) is 9.11. The van der Waals surface area contributed by atoms with Crippen molar-refractivity contribution in [2.45, 2.75) is 31.7 Å². The van der Waals surface area contributed by atoms with Crippen molar-refractivity contribution in [3.8, 4) is 0 Å². The number of hydrogen-bond donors (Lipinski definition) is 1. The summed E-state index contributed by atoms with van der Waals surface area (Å²) in [4.78, 5) is 8.14. The number of aromatic nitrogens is 2. The fraction of sp³-hybridized carbons (Fsp3) is 0.500. The number of hydrogen-bond acceptors (Lipinski definition) is 3. The van der Waals surface area contributed by atoms with Crippen molar-refractivity contribution in [2.75, 3.05) is 7.05 Å². The van der Waals surface area contributed by atoms with Crippen molar-refractivity contribution in [1.29, 1.82) is 0 Å². The molecular weight excluding hydrogens is 186 g/mol. The summed E-state index contributed by atoms with van der Waals surface area (Å²) >= 11 is 0. The zero-order chi connectivity index (χ0) is 10.5. The third kappa shape index (κ3) is 2.42. The fourth-order valence-electron chi connectivity index (χ4n) is 2.15. The molecule has 1 N–H and O–H groups in total. The Labute approximate surface area is 90.6 Å². The maximum absolute atomic E-state index is 4.07. The Balaban J connectivity index is 2.20. The summed E-state index contributed by atoms with van der Waals surface area (Å²) in [5.74, 6) is 0. The summed E-state index contributed by atoms with van der Waals surface area (Å²) in [6.07, 6.45) is 12.8. The van der Waals surface area contributed by atoms with E-state index in [0.717, 1.165) is 5.56 Å². The second-order valence-electron chi connectivity index (χ2n) is 3.92. The predicted molar refractivity (Wildman–Crippen MR) is 60.4 cm³/mol. The molecule has 0 saturated carbocycles. The molecule has 15 heavy (non-hydrogen) atoms. The fourth-order valence-corrected chi connectivity index (χ4v) is 2.15. The van der Waals surface area contributed by atoms with Gasteiger partial charge in [0.25, 0.3) is 0 Å². The van der Waals surface area contributed by atoms with Crippen LogP contribution in [0.1, 0.15) is 37.3 Å². The molecule has 3 nitrogen and oxygen atoms in total. The molecule has 1 heterocycles. The number of allylic oxidation sites excluding steroid dienone is 1. The molecule has 80 valence electrons. The first-order valence-corrected chi connectivity index (χ1v) is 5.53. The van der Waals surface area contributed by atoms with Gasteiger partial charge in [0.2, 0.25) is 0 Å². The van der Waals surface area contributed by atoms with Gasteiger partial charge in [-0.05, 0) is 32.7 Å². The Morgan fingerprint density at radius 1 is 1.27 bits per heavy atom. The van der Waals surface area contributed by atoms with Crippen molar-refractivity contribution in [3.05, 3.63) is 35.9 Å². The molecule has 2 rings (SSSR count). The molecule has 1 aromatic rings. The van der Waals surface area contributed by atoms with Crippen LogP contribution in [-0.2, 0) is 0 Å². The lowest BCUT2D eigenvalue weighted by Crippen LogP contribution is -2.20. The van der Waals surface area contributed by atoms with E-state index in [0.29, 0.717) is 6.04 Å². The number of nitrogens with zero attached hydrogens (tertiary/aromatic N) is 2. The highest BCUT2D eigenvalue weighted by molar-refractivity contribution is 5.24. The molecular formula is C12H17N3. The van der Waals surface area contributed by atoms with Gasteiger partial charge in [0, 0.05) is 18.0 Å². The highest BCUT2D eigenvalue weighted by Gasteiger charge is 2.16. The quantitative estimate of drug-likeness (QED) is 0.765. The van der Waals surface area contributed by atoms with Gasteiger partial charge in [-0.15, -0.1) is 0 Å². The molecule has 0 radical (unpaired) electrons. The lowest BCUT2D eigenvalue weighted by atomic mass is 9.91. The number of rotatable bonds is 3. The van der Waals surface area contributed by atoms with Crippen molar-refractivity contribution in [2.24, 2.45) is 0 Å². The van der Waals surface area contributed by atoms with Crippen LogP contribution in [-0.4, -0.2) is 17.0 Å². The van der Waals surface area contributed by atoms with Crippen LogP contribution in [0.5, 0.6) is 0 Å². The van der Waals surface area contributed by atoms with E-state index in [1.54, 1.807) is 6.33 Å². The molecule has 0 fully saturated rings. The van der Waals surface area contributed by atoms with Crippen LogP contribution in [0.2, 0.25) is 0 Å². The molecule has 0 aliphatic heterocycles. The minimum atomic E-state index is 0.298. The van der Waals surface area contributed by atoms with Gasteiger partial charge in [0.15, 0.2) is 0 Å². The molecule has 0 amide bonds. The minimum absolute atomic E-state index is 0.298. The van der Waals surface area contributed by atoms with Gasteiger partial charge in [-0.3, -0.25) is 0 Å². The van der Waals surface area contributed by atoms with Gasteiger partial charge in [0.1, 0.15) is 6.33 Å². The highest BCUT2D eigenvalue weighted by Crippen LogP contribution is 2.28. The van der Waals surface area contributed by atoms with E-state index in [1.807, 2.05) is 19.4 Å². The summed E-state index contributed by atoms with van der Waals surface area (Å²) in [6.45, 7) is 0. The Bertz CT molecular complexity index is 332. The summed E-state index contributed by atoms with van der Waals surface area (Å²) in [5, 5.41) is 3.34. The molecule has 1 aliphatic rings. The van der Waals surface area contributed by atoms with Gasteiger partial charge in [0.05, 0.1) is 6.04 Å². The molecule has 0 aromatic carbocycles. The number of nitrogens with one attached hydrogen (secondary N) is 1. The van der Waals surface area contributed by atoms with E-state index < -0.39 is 0 Å². The van der Waals surface area contributed by atoms with E-state index in [1.165, 1.54) is 31.3 Å². The molecule has 0 saturated heterocycles. The highest BCUT2D eigenvalue weighted by atomic mass is 14.9. The summed E-state index contributed by atoms with van der Waals surface area (Å²) in [7, 11) is 1.99. The Kier molecular flexibility index (Phi) is 3.45. The molecule has 3 heteroatoms. The molecule has 1 aliphatic carbocycles. The maximum atomic E-state index is 4.07. The summed E-state index contributed by atoms with van der Waals surface area (Å²) in [5.41, 5.74) is 2.65. The smallest absolute Gasteiger partial charge is 0.115 e. The van der Waals surface area contributed by atoms with Gasteiger partial charge in [-0.25, -0.2) is 9.97 Å². The standard InChI is InChI=1S/C12H17N3/c1-13-12(10-5-3-2-4-6-10)11-7-14-9-15-8-11/h5,7-9,12-13H,2-4,6H2,1H3. The van der Waals surface area contributed by atoms with Crippen molar-refractivity contribution >= 4 is 0 Å². The minimum Gasteiger partial charge on any atom is -0.310 e. The van der Waals surface area contributed by atoms with Crippen LogP contribution >= 0.6 is 0 Å². The van der Waals surface area contributed by atoms with Crippen LogP contribution in [0.3, 0.4) is 0 Å². The topological polar surface area (TPSA) is 37.8 Å². The monoisotopic (exact) mass is 203 g/mol. The maximum Gasteiger partial charge on any atom is 0.115 e.